The molecular weight excluding hydrogens is 453 g/mol. The van der Waals surface area contributed by atoms with Crippen molar-refractivity contribution in [2.45, 2.75) is 52.7 Å². The predicted molar refractivity (Wildman–Crippen MR) is 124 cm³/mol. The van der Waals surface area contributed by atoms with Gasteiger partial charge < -0.3 is 24.6 Å². The second-order valence-corrected chi connectivity index (χ2v) is 8.68. The molecule has 0 bridgehead atoms. The number of aromatic hydroxyl groups is 1. The molecule has 0 fully saturated rings. The average Bonchev–Trinajstić information content (AvgIpc) is 2.70. The lowest BCUT2D eigenvalue weighted by Gasteiger charge is -2.20. The second kappa shape index (κ2) is 12.9. The number of esters is 1. The fourth-order valence-corrected chi connectivity index (χ4v) is 2.81. The van der Waals surface area contributed by atoms with Crippen LogP contribution in [0.5, 0.6) is 11.5 Å². The van der Waals surface area contributed by atoms with Crippen molar-refractivity contribution in [1.29, 1.82) is 0 Å². The van der Waals surface area contributed by atoms with Crippen LogP contribution in [0.4, 0.5) is 9.18 Å². The Kier molecular flexibility index (Phi) is 10.9. The van der Waals surface area contributed by atoms with Crippen LogP contribution in [0.3, 0.4) is 0 Å². The number of aryl methyl sites for hydroxylation is 1. The first-order valence-electron chi connectivity index (χ1n) is 10.2. The minimum absolute atomic E-state index is 0.141. The topological polar surface area (TPSA) is 94.1 Å². The molecule has 2 aromatic carbocycles. The Bertz CT molecular complexity index is 945. The van der Waals surface area contributed by atoms with Crippen molar-refractivity contribution < 1.29 is 33.3 Å². The van der Waals surface area contributed by atoms with Crippen molar-refractivity contribution in [3.05, 3.63) is 58.4 Å². The number of phenols is 1. The lowest BCUT2D eigenvalue weighted by molar-refractivity contribution is -0.147. The summed E-state index contributed by atoms with van der Waals surface area (Å²) in [6.45, 7) is 8.51. The highest BCUT2D eigenvalue weighted by Gasteiger charge is 2.18. The van der Waals surface area contributed by atoms with E-state index in [9.17, 15) is 14.0 Å². The molecule has 1 amide bonds. The Labute approximate surface area is 198 Å². The summed E-state index contributed by atoms with van der Waals surface area (Å²) in [7, 11) is 1.44. The number of amides is 1. The lowest BCUT2D eigenvalue weighted by Crippen LogP contribution is -2.36. The number of carbonyl (C=O) groups excluding carboxylic acids is 2. The van der Waals surface area contributed by atoms with Crippen LogP contribution in [0.15, 0.2) is 36.4 Å². The van der Waals surface area contributed by atoms with Gasteiger partial charge in [0.25, 0.3) is 0 Å². The van der Waals surface area contributed by atoms with Gasteiger partial charge in [-0.15, -0.1) is 0 Å². The number of methoxy groups -OCH3 is 1. The SMILES string of the molecule is COc1cc(F)ccc1CC(C)OC(=O)CNC(=O)OC(C)(C)C.Cc1ccc(O)c(Cl)c1. The second-order valence-electron chi connectivity index (χ2n) is 8.27. The Morgan fingerprint density at radius 3 is 2.39 bits per heavy atom. The molecule has 0 spiro atoms. The third-order valence-corrected chi connectivity index (χ3v) is 4.27. The van der Waals surface area contributed by atoms with Crippen LogP contribution < -0.4 is 10.1 Å². The number of rotatable bonds is 6. The quantitative estimate of drug-likeness (QED) is 0.549. The molecule has 1 unspecified atom stereocenters. The van der Waals surface area contributed by atoms with Gasteiger partial charge in [0.2, 0.25) is 0 Å². The maximum atomic E-state index is 13.2. The zero-order valence-corrected chi connectivity index (χ0v) is 20.5. The monoisotopic (exact) mass is 483 g/mol. The van der Waals surface area contributed by atoms with E-state index in [1.54, 1.807) is 52.0 Å². The molecule has 0 aromatic heterocycles. The highest BCUT2D eigenvalue weighted by molar-refractivity contribution is 6.32. The van der Waals surface area contributed by atoms with Gasteiger partial charge >= 0.3 is 12.1 Å². The number of halogens is 2. The summed E-state index contributed by atoms with van der Waals surface area (Å²) in [6.07, 6.45) is -0.786. The summed E-state index contributed by atoms with van der Waals surface area (Å²) < 4.78 is 28.5. The van der Waals surface area contributed by atoms with Crippen LogP contribution in [-0.2, 0) is 20.7 Å². The smallest absolute Gasteiger partial charge is 0.408 e. The van der Waals surface area contributed by atoms with Gasteiger partial charge in [-0.25, -0.2) is 9.18 Å². The van der Waals surface area contributed by atoms with Gasteiger partial charge in [-0.2, -0.15) is 0 Å². The highest BCUT2D eigenvalue weighted by atomic mass is 35.5. The molecule has 33 heavy (non-hydrogen) atoms. The van der Waals surface area contributed by atoms with Crippen LogP contribution in [0, 0.1) is 12.7 Å². The number of alkyl carbamates (subject to hydrolysis) is 1. The summed E-state index contributed by atoms with van der Waals surface area (Å²) in [4.78, 5) is 23.2. The molecule has 1 atom stereocenters. The first-order chi connectivity index (χ1) is 15.3. The summed E-state index contributed by atoms with van der Waals surface area (Å²) in [5, 5.41) is 11.7. The molecule has 2 N–H and O–H groups in total. The molecule has 0 aliphatic rings. The maximum Gasteiger partial charge on any atom is 0.408 e. The number of ether oxygens (including phenoxy) is 3. The van der Waals surface area contributed by atoms with Crippen LogP contribution in [0.25, 0.3) is 0 Å². The van der Waals surface area contributed by atoms with E-state index in [1.807, 2.05) is 6.92 Å². The van der Waals surface area contributed by atoms with E-state index >= 15 is 0 Å². The Morgan fingerprint density at radius 2 is 1.85 bits per heavy atom. The molecule has 7 nitrogen and oxygen atoms in total. The molecule has 0 aliphatic heterocycles. The van der Waals surface area contributed by atoms with Gasteiger partial charge in [-0.3, -0.25) is 4.79 Å². The van der Waals surface area contributed by atoms with Crippen molar-refractivity contribution in [1.82, 2.24) is 5.32 Å². The minimum Gasteiger partial charge on any atom is -0.506 e. The summed E-state index contributed by atoms with van der Waals surface area (Å²) in [5.74, 6) is -0.455. The van der Waals surface area contributed by atoms with Crippen molar-refractivity contribution >= 4 is 23.7 Å². The van der Waals surface area contributed by atoms with Crippen molar-refractivity contribution in [2.24, 2.45) is 0 Å². The van der Waals surface area contributed by atoms with E-state index in [2.05, 4.69) is 5.32 Å². The number of phenolic OH excluding ortho intramolecular Hbond substituents is 1. The summed E-state index contributed by atoms with van der Waals surface area (Å²) in [5.41, 5.74) is 1.14. The summed E-state index contributed by atoms with van der Waals surface area (Å²) >= 11 is 5.56. The fraction of sp³-hybridized carbons (Fsp3) is 0.417. The first kappa shape index (κ1) is 28.0. The number of hydrogen-bond acceptors (Lipinski definition) is 6. The zero-order chi connectivity index (χ0) is 25.2. The van der Waals surface area contributed by atoms with E-state index in [0.29, 0.717) is 17.2 Å². The van der Waals surface area contributed by atoms with Crippen LogP contribution >= 0.6 is 11.6 Å². The lowest BCUT2D eigenvalue weighted by atomic mass is 10.1. The normalized spacial score (nSPS) is 11.5. The standard InChI is InChI=1S/C17H24FNO5.C7H7ClO/c1-11(8-12-6-7-13(18)9-14(12)22-5)23-15(20)10-19-16(21)24-17(2,3)4;1-5-2-3-7(9)6(8)4-5/h6-7,9,11H,8,10H2,1-5H3,(H,19,21);2-4,9H,1H3. The predicted octanol–water partition coefficient (Wildman–Crippen LogP) is 5.19. The zero-order valence-electron chi connectivity index (χ0n) is 19.7. The Morgan fingerprint density at radius 1 is 1.18 bits per heavy atom. The number of benzene rings is 2. The minimum atomic E-state index is -0.688. The largest absolute Gasteiger partial charge is 0.506 e. The van der Waals surface area contributed by atoms with Crippen molar-refractivity contribution in [2.75, 3.05) is 13.7 Å². The molecule has 2 rings (SSSR count). The number of carbonyl (C=O) groups is 2. The van der Waals surface area contributed by atoms with Gasteiger partial charge in [-0.05, 0) is 63.9 Å². The summed E-state index contributed by atoms with van der Waals surface area (Å²) in [6, 6.07) is 9.28. The van der Waals surface area contributed by atoms with Crippen LogP contribution in [-0.4, -0.2) is 42.5 Å². The number of nitrogens with one attached hydrogen (secondary N) is 1. The van der Waals surface area contributed by atoms with E-state index in [1.165, 1.54) is 19.2 Å². The molecule has 2 aromatic rings. The number of hydrogen-bond donors (Lipinski definition) is 2. The fourth-order valence-electron chi connectivity index (χ4n) is 2.57. The van der Waals surface area contributed by atoms with Gasteiger partial charge in [-0.1, -0.05) is 23.7 Å². The van der Waals surface area contributed by atoms with Gasteiger partial charge in [0.05, 0.1) is 12.1 Å². The highest BCUT2D eigenvalue weighted by Crippen LogP contribution is 2.23. The van der Waals surface area contributed by atoms with Gasteiger partial charge in [0, 0.05) is 12.5 Å². The molecular formula is C24H31ClFNO6. The molecule has 0 aliphatic carbocycles. The van der Waals surface area contributed by atoms with E-state index < -0.39 is 29.6 Å². The first-order valence-corrected chi connectivity index (χ1v) is 10.6. The molecule has 0 heterocycles. The molecule has 9 heteroatoms. The van der Waals surface area contributed by atoms with E-state index in [4.69, 9.17) is 30.9 Å². The van der Waals surface area contributed by atoms with Gasteiger partial charge in [0.15, 0.2) is 0 Å². The Balaban J connectivity index is 0.000000502. The molecule has 0 saturated carbocycles. The average molecular weight is 484 g/mol. The van der Waals surface area contributed by atoms with Crippen molar-refractivity contribution in [3.63, 3.8) is 0 Å². The third kappa shape index (κ3) is 11.4. The van der Waals surface area contributed by atoms with Crippen LogP contribution in [0.2, 0.25) is 5.02 Å². The molecule has 0 saturated heterocycles. The molecule has 0 radical (unpaired) electrons. The van der Waals surface area contributed by atoms with Crippen LogP contribution in [0.1, 0.15) is 38.8 Å². The molecule has 182 valence electrons. The third-order valence-electron chi connectivity index (χ3n) is 3.97. The van der Waals surface area contributed by atoms with E-state index in [0.717, 1.165) is 11.1 Å². The van der Waals surface area contributed by atoms with Gasteiger partial charge in [0.1, 0.15) is 35.6 Å². The van der Waals surface area contributed by atoms with E-state index in [-0.39, 0.29) is 12.3 Å². The maximum absolute atomic E-state index is 13.2. The van der Waals surface area contributed by atoms with Crippen molar-refractivity contribution in [3.8, 4) is 11.5 Å². The Hall–Kier alpha value is -3.00.